The summed E-state index contributed by atoms with van der Waals surface area (Å²) in [6.07, 6.45) is 2.19. The summed E-state index contributed by atoms with van der Waals surface area (Å²) >= 11 is 3.67. The number of carbonyl (C=O) groups excluding carboxylic acids is 1. The number of aryl methyl sites for hydroxylation is 1. The number of ether oxygens (including phenoxy) is 3. The van der Waals surface area contributed by atoms with Gasteiger partial charge in [0.25, 0.3) is 0 Å². The molecule has 3 aromatic rings. The first-order valence-corrected chi connectivity index (χ1v) is 12.4. The molecular weight excluding hydrogens is 512 g/mol. The standard InChI is InChI=1S/C26H29BrN4O4/c1-5-11-34-25(32)22-17(4)30-26-28-15-29-31(26)23(22)19-12-20(27)24(21(13-19)33-6-2)35-14-18-9-7-16(3)8-10-18/h7-10,12-13,15,23H,5-6,11,14H2,1-4H3,(H,28,29,30). The van der Waals surface area contributed by atoms with Crippen LogP contribution in [-0.4, -0.2) is 33.9 Å². The number of carbonyl (C=O) groups is 1. The number of allylic oxidation sites excluding steroid dienone is 1. The lowest BCUT2D eigenvalue weighted by atomic mass is 9.95. The number of hydrogen-bond donors (Lipinski definition) is 1. The summed E-state index contributed by atoms with van der Waals surface area (Å²) in [5.74, 6) is 1.33. The van der Waals surface area contributed by atoms with Crippen molar-refractivity contribution in [3.05, 3.63) is 75.2 Å². The van der Waals surface area contributed by atoms with Crippen molar-refractivity contribution >= 4 is 27.8 Å². The zero-order chi connectivity index (χ0) is 24.9. The van der Waals surface area contributed by atoms with Gasteiger partial charge in [0, 0.05) is 5.70 Å². The lowest BCUT2D eigenvalue weighted by molar-refractivity contribution is -0.139. The molecule has 0 fully saturated rings. The summed E-state index contributed by atoms with van der Waals surface area (Å²) in [7, 11) is 0. The van der Waals surface area contributed by atoms with Gasteiger partial charge in [0.15, 0.2) is 11.5 Å². The Bertz CT molecular complexity index is 1240. The second-order valence-electron chi connectivity index (χ2n) is 8.27. The van der Waals surface area contributed by atoms with Gasteiger partial charge in [0.05, 0.1) is 23.3 Å². The molecule has 0 spiro atoms. The van der Waals surface area contributed by atoms with Crippen LogP contribution in [0.1, 0.15) is 49.9 Å². The van der Waals surface area contributed by atoms with Gasteiger partial charge in [-0.25, -0.2) is 9.48 Å². The molecule has 0 saturated heterocycles. The zero-order valence-electron chi connectivity index (χ0n) is 20.3. The molecule has 1 aliphatic heterocycles. The zero-order valence-corrected chi connectivity index (χ0v) is 21.9. The van der Waals surface area contributed by atoms with Crippen LogP contribution < -0.4 is 14.8 Å². The third-order valence-electron chi connectivity index (χ3n) is 5.60. The van der Waals surface area contributed by atoms with Gasteiger partial charge in [-0.2, -0.15) is 10.1 Å². The third-order valence-corrected chi connectivity index (χ3v) is 6.19. The van der Waals surface area contributed by atoms with Crippen molar-refractivity contribution in [2.45, 2.75) is 46.8 Å². The van der Waals surface area contributed by atoms with E-state index >= 15 is 0 Å². The maximum atomic E-state index is 13.1. The van der Waals surface area contributed by atoms with E-state index in [0.717, 1.165) is 17.5 Å². The number of nitrogens with zero attached hydrogens (tertiary/aromatic N) is 3. The molecule has 1 unspecified atom stereocenters. The van der Waals surface area contributed by atoms with E-state index in [0.29, 0.717) is 53.0 Å². The van der Waals surface area contributed by atoms with E-state index in [2.05, 4.69) is 50.4 Å². The highest BCUT2D eigenvalue weighted by atomic mass is 79.9. The lowest BCUT2D eigenvalue weighted by Crippen LogP contribution is -2.30. The monoisotopic (exact) mass is 540 g/mol. The Kier molecular flexibility index (Phi) is 7.75. The first-order valence-electron chi connectivity index (χ1n) is 11.6. The summed E-state index contributed by atoms with van der Waals surface area (Å²) < 4.78 is 20.0. The quantitative estimate of drug-likeness (QED) is 0.355. The third kappa shape index (κ3) is 5.35. The minimum absolute atomic E-state index is 0.340. The molecule has 0 radical (unpaired) electrons. The molecule has 1 atom stereocenters. The summed E-state index contributed by atoms with van der Waals surface area (Å²) in [6, 6.07) is 11.5. The Labute approximate surface area is 213 Å². The Morgan fingerprint density at radius 2 is 1.91 bits per heavy atom. The highest BCUT2D eigenvalue weighted by Gasteiger charge is 2.35. The van der Waals surface area contributed by atoms with Crippen LogP contribution in [0.4, 0.5) is 5.95 Å². The number of anilines is 1. The van der Waals surface area contributed by atoms with Crippen LogP contribution in [0.5, 0.6) is 11.5 Å². The smallest absolute Gasteiger partial charge is 0.338 e. The first kappa shape index (κ1) is 24.8. The maximum Gasteiger partial charge on any atom is 0.338 e. The molecule has 1 aromatic heterocycles. The van der Waals surface area contributed by atoms with Crippen molar-refractivity contribution in [2.24, 2.45) is 0 Å². The molecule has 4 rings (SSSR count). The summed E-state index contributed by atoms with van der Waals surface area (Å²) in [5, 5.41) is 7.54. The molecule has 9 heteroatoms. The van der Waals surface area contributed by atoms with Crippen LogP contribution in [0.25, 0.3) is 0 Å². The number of benzene rings is 2. The second-order valence-corrected chi connectivity index (χ2v) is 9.12. The number of nitrogens with one attached hydrogen (secondary N) is 1. The summed E-state index contributed by atoms with van der Waals surface area (Å²) in [5.41, 5.74) is 4.18. The Hall–Kier alpha value is -3.33. The van der Waals surface area contributed by atoms with Gasteiger partial charge < -0.3 is 19.5 Å². The second kappa shape index (κ2) is 10.9. The van der Waals surface area contributed by atoms with Crippen LogP contribution >= 0.6 is 15.9 Å². The molecule has 1 N–H and O–H groups in total. The van der Waals surface area contributed by atoms with E-state index in [4.69, 9.17) is 14.2 Å². The SMILES string of the molecule is CCCOC(=O)C1=C(C)Nc2ncnn2C1c1cc(Br)c(OCc2ccc(C)cc2)c(OCC)c1. The lowest BCUT2D eigenvalue weighted by Gasteiger charge is -2.29. The molecular formula is C26H29BrN4O4. The summed E-state index contributed by atoms with van der Waals surface area (Å²) in [4.78, 5) is 17.4. The molecule has 1 aliphatic rings. The number of fused-ring (bicyclic) bond motifs is 1. The van der Waals surface area contributed by atoms with Crippen molar-refractivity contribution in [2.75, 3.05) is 18.5 Å². The topological polar surface area (TPSA) is 87.5 Å². The number of halogens is 1. The van der Waals surface area contributed by atoms with E-state index in [9.17, 15) is 4.79 Å². The average Bonchev–Trinajstić information content (AvgIpc) is 3.30. The van der Waals surface area contributed by atoms with Crippen molar-refractivity contribution in [1.82, 2.24) is 14.8 Å². The fraction of sp³-hybridized carbons (Fsp3) is 0.346. The predicted molar refractivity (Wildman–Crippen MR) is 137 cm³/mol. The number of hydrogen-bond acceptors (Lipinski definition) is 7. The van der Waals surface area contributed by atoms with Crippen molar-refractivity contribution < 1.29 is 19.0 Å². The van der Waals surface area contributed by atoms with Crippen LogP contribution in [0.3, 0.4) is 0 Å². The van der Waals surface area contributed by atoms with Gasteiger partial charge in [-0.05, 0) is 66.4 Å². The normalized spacial score (nSPS) is 14.8. The van der Waals surface area contributed by atoms with Crippen LogP contribution in [0, 0.1) is 6.92 Å². The van der Waals surface area contributed by atoms with Crippen molar-refractivity contribution in [3.63, 3.8) is 0 Å². The molecule has 0 bridgehead atoms. The van der Waals surface area contributed by atoms with E-state index in [1.54, 1.807) is 4.68 Å². The van der Waals surface area contributed by atoms with Gasteiger partial charge in [-0.3, -0.25) is 0 Å². The average molecular weight is 541 g/mol. The number of esters is 1. The van der Waals surface area contributed by atoms with Crippen molar-refractivity contribution in [3.8, 4) is 11.5 Å². The van der Waals surface area contributed by atoms with Crippen LogP contribution in [0.15, 0.2) is 58.5 Å². The minimum Gasteiger partial charge on any atom is -0.490 e. The minimum atomic E-state index is -0.542. The van der Waals surface area contributed by atoms with Gasteiger partial charge in [0.1, 0.15) is 19.0 Å². The molecule has 2 aromatic carbocycles. The highest BCUT2D eigenvalue weighted by molar-refractivity contribution is 9.10. The molecule has 0 saturated carbocycles. The van der Waals surface area contributed by atoms with Gasteiger partial charge >= 0.3 is 5.97 Å². The van der Waals surface area contributed by atoms with Gasteiger partial charge in [-0.15, -0.1) is 0 Å². The molecule has 0 amide bonds. The van der Waals surface area contributed by atoms with Gasteiger partial charge in [-0.1, -0.05) is 36.8 Å². The fourth-order valence-electron chi connectivity index (χ4n) is 3.92. The van der Waals surface area contributed by atoms with Crippen LogP contribution in [0.2, 0.25) is 0 Å². The Morgan fingerprint density at radius 1 is 1.14 bits per heavy atom. The molecule has 35 heavy (non-hydrogen) atoms. The predicted octanol–water partition coefficient (Wildman–Crippen LogP) is 5.57. The first-order chi connectivity index (χ1) is 16.9. The number of aromatic nitrogens is 3. The largest absolute Gasteiger partial charge is 0.490 e. The summed E-state index contributed by atoms with van der Waals surface area (Å²) in [6.45, 7) is 8.96. The number of rotatable bonds is 9. The Morgan fingerprint density at radius 3 is 2.63 bits per heavy atom. The maximum absolute atomic E-state index is 13.1. The van der Waals surface area contributed by atoms with E-state index in [-0.39, 0.29) is 0 Å². The van der Waals surface area contributed by atoms with E-state index in [1.165, 1.54) is 11.9 Å². The molecule has 184 valence electrons. The molecule has 8 nitrogen and oxygen atoms in total. The fourth-order valence-corrected chi connectivity index (χ4v) is 4.50. The van der Waals surface area contributed by atoms with Crippen molar-refractivity contribution in [1.29, 1.82) is 0 Å². The van der Waals surface area contributed by atoms with E-state index < -0.39 is 12.0 Å². The van der Waals surface area contributed by atoms with E-state index in [1.807, 2.05) is 45.0 Å². The molecule has 0 aliphatic carbocycles. The Balaban J connectivity index is 1.73. The van der Waals surface area contributed by atoms with Crippen LogP contribution in [-0.2, 0) is 16.1 Å². The highest BCUT2D eigenvalue weighted by Crippen LogP contribution is 2.43. The molecule has 2 heterocycles. The van der Waals surface area contributed by atoms with Gasteiger partial charge in [0.2, 0.25) is 5.95 Å².